The minimum atomic E-state index is -0.821. The van der Waals surface area contributed by atoms with Gasteiger partial charge in [0.1, 0.15) is 23.9 Å². The van der Waals surface area contributed by atoms with Gasteiger partial charge in [-0.1, -0.05) is 13.8 Å². The third-order valence-electron chi connectivity index (χ3n) is 5.97. The second-order valence-electron chi connectivity index (χ2n) is 9.32. The van der Waals surface area contributed by atoms with Gasteiger partial charge in [-0.2, -0.15) is 0 Å². The highest BCUT2D eigenvalue weighted by molar-refractivity contribution is 6.04. The van der Waals surface area contributed by atoms with Crippen LogP contribution in [-0.2, 0) is 20.9 Å². The van der Waals surface area contributed by atoms with Crippen molar-refractivity contribution in [3.05, 3.63) is 76.0 Å². The lowest BCUT2D eigenvalue weighted by molar-refractivity contribution is -0.138. The van der Waals surface area contributed by atoms with Gasteiger partial charge in [0.15, 0.2) is 17.3 Å². The molecule has 1 atom stereocenters. The van der Waals surface area contributed by atoms with Crippen LogP contribution in [0.1, 0.15) is 58.0 Å². The largest absolute Gasteiger partial charge is 0.483 e. The molecule has 8 heteroatoms. The molecule has 1 aromatic heterocycles. The van der Waals surface area contributed by atoms with Crippen molar-refractivity contribution in [2.45, 2.75) is 53.1 Å². The molecule has 2 aliphatic rings. The molecule has 0 amide bonds. The Morgan fingerprint density at radius 1 is 1.21 bits per heavy atom. The first-order chi connectivity index (χ1) is 16.1. The molecule has 1 aliphatic carbocycles. The van der Waals surface area contributed by atoms with Crippen LogP contribution >= 0.6 is 0 Å². The summed E-state index contributed by atoms with van der Waals surface area (Å²) in [6.45, 7) is 7.63. The second kappa shape index (κ2) is 9.08. The zero-order chi connectivity index (χ0) is 24.6. The van der Waals surface area contributed by atoms with Crippen molar-refractivity contribution in [1.29, 1.82) is 0 Å². The number of rotatable bonds is 6. The van der Waals surface area contributed by atoms with E-state index in [1.54, 1.807) is 26.0 Å². The van der Waals surface area contributed by atoms with Crippen LogP contribution in [0.5, 0.6) is 5.75 Å². The van der Waals surface area contributed by atoms with Crippen molar-refractivity contribution < 1.29 is 32.3 Å². The highest BCUT2D eigenvalue weighted by Gasteiger charge is 2.44. The molecule has 0 saturated heterocycles. The number of nitrogens with one attached hydrogen (secondary N) is 1. The molecule has 34 heavy (non-hydrogen) atoms. The first-order valence-corrected chi connectivity index (χ1v) is 11.2. The third kappa shape index (κ3) is 4.62. The number of allylic oxidation sites excluding steroid dienone is 3. The van der Waals surface area contributed by atoms with Crippen LogP contribution in [0, 0.1) is 17.0 Å². The van der Waals surface area contributed by atoms with Crippen LogP contribution < -0.4 is 10.1 Å². The molecule has 0 spiro atoms. The Balaban J connectivity index is 1.68. The molecule has 4 rings (SSSR count). The minimum Gasteiger partial charge on any atom is -0.483 e. The topological polar surface area (TPSA) is 77.8 Å². The highest BCUT2D eigenvalue weighted by Crippen LogP contribution is 2.47. The number of carbonyl (C=O) groups excluding carboxylic acids is 2. The number of furan rings is 1. The highest BCUT2D eigenvalue weighted by atomic mass is 19.1. The van der Waals surface area contributed by atoms with E-state index in [1.165, 1.54) is 6.07 Å². The smallest absolute Gasteiger partial charge is 0.336 e. The molecule has 0 radical (unpaired) electrons. The van der Waals surface area contributed by atoms with E-state index in [0.29, 0.717) is 41.2 Å². The van der Waals surface area contributed by atoms with Gasteiger partial charge < -0.3 is 19.2 Å². The Morgan fingerprint density at radius 2 is 1.97 bits per heavy atom. The first kappa shape index (κ1) is 23.7. The second-order valence-corrected chi connectivity index (χ2v) is 9.32. The molecule has 0 saturated carbocycles. The Hall–Kier alpha value is -3.42. The maximum atomic E-state index is 13.9. The molecule has 0 bridgehead atoms. The number of carbonyl (C=O) groups is 2. The van der Waals surface area contributed by atoms with Crippen molar-refractivity contribution >= 4 is 11.8 Å². The summed E-state index contributed by atoms with van der Waals surface area (Å²) < 4.78 is 43.7. The van der Waals surface area contributed by atoms with E-state index in [0.717, 1.165) is 17.8 Å². The Bertz CT molecular complexity index is 1210. The fourth-order valence-corrected chi connectivity index (χ4v) is 4.57. The molecule has 0 fully saturated rings. The number of ketones is 1. The fraction of sp³-hybridized carbons (Fsp3) is 0.385. The molecule has 1 N–H and O–H groups in total. The van der Waals surface area contributed by atoms with E-state index in [4.69, 9.17) is 13.9 Å². The van der Waals surface area contributed by atoms with Gasteiger partial charge >= 0.3 is 5.97 Å². The summed E-state index contributed by atoms with van der Waals surface area (Å²) in [5, 5.41) is 3.26. The number of hydrogen-bond acceptors (Lipinski definition) is 6. The van der Waals surface area contributed by atoms with E-state index in [-0.39, 0.29) is 30.2 Å². The third-order valence-corrected chi connectivity index (χ3v) is 5.97. The van der Waals surface area contributed by atoms with Gasteiger partial charge in [0.05, 0.1) is 18.1 Å². The van der Waals surface area contributed by atoms with Gasteiger partial charge in [-0.05, 0) is 49.9 Å². The summed E-state index contributed by atoms with van der Waals surface area (Å²) in [6, 6.07) is 6.37. The van der Waals surface area contributed by atoms with Crippen LogP contribution in [0.2, 0.25) is 0 Å². The van der Waals surface area contributed by atoms with Crippen LogP contribution in [0.3, 0.4) is 0 Å². The summed E-state index contributed by atoms with van der Waals surface area (Å²) >= 11 is 0. The fourth-order valence-electron chi connectivity index (χ4n) is 4.57. The molecular formula is C26H27F2NO5. The quantitative estimate of drug-likeness (QED) is 0.576. The number of Topliss-reactive ketones (excluding diaryl/α,β-unsaturated/α-hetero) is 1. The number of esters is 1. The molecule has 2 aromatic rings. The predicted octanol–water partition coefficient (Wildman–Crippen LogP) is 5.30. The van der Waals surface area contributed by atoms with Gasteiger partial charge in [0.2, 0.25) is 0 Å². The minimum absolute atomic E-state index is 0.0550. The summed E-state index contributed by atoms with van der Waals surface area (Å²) in [7, 11) is 0. The molecule has 2 heterocycles. The van der Waals surface area contributed by atoms with E-state index in [9.17, 15) is 18.4 Å². The predicted molar refractivity (Wildman–Crippen MR) is 120 cm³/mol. The molecule has 180 valence electrons. The number of ether oxygens (including phenoxy) is 2. The SMILES string of the molecule is CCOC(=O)C1=C(C)NC2=C(C(=O)CC(C)(C)C2)[C@@H]1c1ccc(COc2ccc(F)cc2F)o1. The maximum Gasteiger partial charge on any atom is 0.336 e. The number of halogens is 2. The summed E-state index contributed by atoms with van der Waals surface area (Å²) in [5.41, 5.74) is 1.99. The standard InChI is InChI=1S/C26H27F2NO5/c1-5-32-25(31)22-14(2)29-18-11-26(3,4)12-19(30)23(18)24(22)21-9-7-16(34-21)13-33-20-8-6-15(27)10-17(20)28/h6-10,24,29H,5,11-13H2,1-4H3/t24-/m1/s1. The van der Waals surface area contributed by atoms with Gasteiger partial charge in [-0.25, -0.2) is 13.6 Å². The zero-order valence-electron chi connectivity index (χ0n) is 19.6. The van der Waals surface area contributed by atoms with E-state index >= 15 is 0 Å². The van der Waals surface area contributed by atoms with Crippen LogP contribution in [0.4, 0.5) is 8.78 Å². The van der Waals surface area contributed by atoms with Crippen molar-refractivity contribution in [3.8, 4) is 5.75 Å². The number of benzene rings is 1. The van der Waals surface area contributed by atoms with Crippen LogP contribution in [-0.4, -0.2) is 18.4 Å². The van der Waals surface area contributed by atoms with Crippen molar-refractivity contribution in [3.63, 3.8) is 0 Å². The lowest BCUT2D eigenvalue weighted by Gasteiger charge is -2.38. The van der Waals surface area contributed by atoms with Crippen LogP contribution in [0.15, 0.2) is 57.3 Å². The summed E-state index contributed by atoms with van der Waals surface area (Å²) in [6.07, 6.45) is 0.998. The average molecular weight is 472 g/mol. The Kier molecular flexibility index (Phi) is 6.34. The summed E-state index contributed by atoms with van der Waals surface area (Å²) in [4.78, 5) is 26.1. The lowest BCUT2D eigenvalue weighted by atomic mass is 9.69. The maximum absolute atomic E-state index is 13.9. The van der Waals surface area contributed by atoms with E-state index in [1.807, 2.05) is 13.8 Å². The van der Waals surface area contributed by atoms with Crippen molar-refractivity contribution in [2.24, 2.45) is 5.41 Å². The monoisotopic (exact) mass is 471 g/mol. The number of dihydropyridines is 1. The molecule has 6 nitrogen and oxygen atoms in total. The van der Waals surface area contributed by atoms with Gasteiger partial charge in [0.25, 0.3) is 0 Å². The van der Waals surface area contributed by atoms with Crippen LogP contribution in [0.25, 0.3) is 0 Å². The van der Waals surface area contributed by atoms with Gasteiger partial charge in [-0.3, -0.25) is 4.79 Å². The molecular weight excluding hydrogens is 444 g/mol. The van der Waals surface area contributed by atoms with Crippen molar-refractivity contribution in [1.82, 2.24) is 5.32 Å². The molecule has 1 aromatic carbocycles. The van der Waals surface area contributed by atoms with E-state index in [2.05, 4.69) is 5.32 Å². The van der Waals surface area contributed by atoms with Crippen molar-refractivity contribution in [2.75, 3.05) is 6.61 Å². The first-order valence-electron chi connectivity index (χ1n) is 11.2. The van der Waals surface area contributed by atoms with Gasteiger partial charge in [-0.15, -0.1) is 0 Å². The molecule has 0 unspecified atom stereocenters. The Labute approximate surface area is 196 Å². The average Bonchev–Trinajstić information content (AvgIpc) is 3.20. The van der Waals surface area contributed by atoms with Gasteiger partial charge in [0, 0.05) is 29.5 Å². The Morgan fingerprint density at radius 3 is 2.68 bits per heavy atom. The van der Waals surface area contributed by atoms with E-state index < -0.39 is 23.5 Å². The normalized spacial score (nSPS) is 19.6. The zero-order valence-corrected chi connectivity index (χ0v) is 19.6. The lowest BCUT2D eigenvalue weighted by Crippen LogP contribution is -2.38. The summed E-state index contributed by atoms with van der Waals surface area (Å²) in [5.74, 6) is -2.18. The number of hydrogen-bond donors (Lipinski definition) is 1. The molecule has 1 aliphatic heterocycles.